The number of furan rings is 1. The summed E-state index contributed by atoms with van der Waals surface area (Å²) in [5.41, 5.74) is 1.25. The number of benzene rings is 1. The van der Waals surface area contributed by atoms with Crippen molar-refractivity contribution in [3.63, 3.8) is 0 Å². The molecule has 1 N–H and O–H groups in total. The highest BCUT2D eigenvalue weighted by atomic mass is 79.9. The Morgan fingerprint density at radius 2 is 2.06 bits per heavy atom. The van der Waals surface area contributed by atoms with E-state index in [1.165, 1.54) is 5.56 Å². The van der Waals surface area contributed by atoms with E-state index in [2.05, 4.69) is 33.4 Å². The molecule has 0 saturated carbocycles. The van der Waals surface area contributed by atoms with Gasteiger partial charge in [0, 0.05) is 16.9 Å². The smallest absolute Gasteiger partial charge is 0.105 e. The monoisotopic (exact) mass is 279 g/mol. The molecule has 2 aromatic rings. The van der Waals surface area contributed by atoms with Crippen LogP contribution < -0.4 is 5.32 Å². The summed E-state index contributed by atoms with van der Waals surface area (Å²) in [4.78, 5) is 0. The maximum atomic E-state index is 5.37. The van der Waals surface area contributed by atoms with Gasteiger partial charge in [-0.15, -0.1) is 0 Å². The van der Waals surface area contributed by atoms with E-state index in [-0.39, 0.29) is 6.04 Å². The van der Waals surface area contributed by atoms with Gasteiger partial charge in [0.25, 0.3) is 0 Å². The van der Waals surface area contributed by atoms with E-state index in [0.29, 0.717) is 0 Å². The van der Waals surface area contributed by atoms with Crippen molar-refractivity contribution < 1.29 is 4.42 Å². The summed E-state index contributed by atoms with van der Waals surface area (Å²) >= 11 is 3.57. The summed E-state index contributed by atoms with van der Waals surface area (Å²) < 4.78 is 6.50. The van der Waals surface area contributed by atoms with Gasteiger partial charge in [-0.05, 0) is 30.8 Å². The van der Waals surface area contributed by atoms with E-state index in [0.717, 1.165) is 16.7 Å². The number of nitrogens with one attached hydrogen (secondary N) is 1. The van der Waals surface area contributed by atoms with Gasteiger partial charge in [0.1, 0.15) is 5.76 Å². The van der Waals surface area contributed by atoms with Gasteiger partial charge in [0.2, 0.25) is 0 Å². The standard InChI is InChI=1S/C13H14BrNO/c1-15-13(9-10-5-4-8-16-10)11-6-2-3-7-12(11)14/h2-8,13,15H,9H2,1H3. The van der Waals surface area contributed by atoms with Crippen LogP contribution in [-0.2, 0) is 6.42 Å². The summed E-state index contributed by atoms with van der Waals surface area (Å²) in [6.07, 6.45) is 2.56. The van der Waals surface area contributed by atoms with Crippen molar-refractivity contribution in [2.45, 2.75) is 12.5 Å². The first-order valence-corrected chi connectivity index (χ1v) is 6.04. The molecule has 2 rings (SSSR count). The largest absolute Gasteiger partial charge is 0.469 e. The van der Waals surface area contributed by atoms with Crippen molar-refractivity contribution in [3.8, 4) is 0 Å². The Kier molecular flexibility index (Phi) is 3.80. The Labute approximate surface area is 104 Å². The Hall–Kier alpha value is -1.06. The molecule has 1 atom stereocenters. The Bertz CT molecular complexity index is 439. The van der Waals surface area contributed by atoms with Gasteiger partial charge in [-0.1, -0.05) is 34.1 Å². The van der Waals surface area contributed by atoms with Crippen molar-refractivity contribution in [1.29, 1.82) is 0 Å². The lowest BCUT2D eigenvalue weighted by Gasteiger charge is -2.16. The van der Waals surface area contributed by atoms with Crippen LogP contribution in [0.2, 0.25) is 0 Å². The van der Waals surface area contributed by atoms with Crippen molar-refractivity contribution >= 4 is 15.9 Å². The highest BCUT2D eigenvalue weighted by molar-refractivity contribution is 9.10. The molecule has 1 aromatic heterocycles. The lowest BCUT2D eigenvalue weighted by Crippen LogP contribution is -2.19. The second-order valence-corrected chi connectivity index (χ2v) is 4.50. The zero-order valence-electron chi connectivity index (χ0n) is 9.11. The van der Waals surface area contributed by atoms with Gasteiger partial charge >= 0.3 is 0 Å². The van der Waals surface area contributed by atoms with Crippen LogP contribution in [0.3, 0.4) is 0 Å². The van der Waals surface area contributed by atoms with Gasteiger partial charge in [0.05, 0.1) is 6.26 Å². The summed E-state index contributed by atoms with van der Waals surface area (Å²) in [6.45, 7) is 0. The molecule has 0 aliphatic rings. The number of hydrogen-bond donors (Lipinski definition) is 1. The zero-order chi connectivity index (χ0) is 11.4. The molecule has 1 aromatic carbocycles. The van der Waals surface area contributed by atoms with Crippen molar-refractivity contribution in [2.24, 2.45) is 0 Å². The lowest BCUT2D eigenvalue weighted by molar-refractivity contribution is 0.465. The maximum Gasteiger partial charge on any atom is 0.105 e. The van der Waals surface area contributed by atoms with E-state index < -0.39 is 0 Å². The molecule has 2 nitrogen and oxygen atoms in total. The predicted molar refractivity (Wildman–Crippen MR) is 68.4 cm³/mol. The van der Waals surface area contributed by atoms with E-state index in [4.69, 9.17) is 4.42 Å². The van der Waals surface area contributed by atoms with Crippen LogP contribution in [0.1, 0.15) is 17.4 Å². The predicted octanol–water partition coefficient (Wildman–Crippen LogP) is 3.55. The minimum Gasteiger partial charge on any atom is -0.469 e. The fraction of sp³-hybridized carbons (Fsp3) is 0.231. The van der Waals surface area contributed by atoms with Crippen LogP contribution in [0, 0.1) is 0 Å². The van der Waals surface area contributed by atoms with Crippen LogP contribution >= 0.6 is 15.9 Å². The molecule has 0 aliphatic carbocycles. The number of rotatable bonds is 4. The summed E-state index contributed by atoms with van der Waals surface area (Å²) in [7, 11) is 1.97. The molecule has 84 valence electrons. The number of hydrogen-bond acceptors (Lipinski definition) is 2. The van der Waals surface area contributed by atoms with Crippen molar-refractivity contribution in [2.75, 3.05) is 7.05 Å². The van der Waals surface area contributed by atoms with E-state index in [1.54, 1.807) is 6.26 Å². The molecule has 3 heteroatoms. The van der Waals surface area contributed by atoms with E-state index in [1.807, 2.05) is 31.3 Å². The van der Waals surface area contributed by atoms with Crippen LogP contribution in [-0.4, -0.2) is 7.05 Å². The van der Waals surface area contributed by atoms with Crippen LogP contribution in [0.15, 0.2) is 51.6 Å². The quantitative estimate of drug-likeness (QED) is 0.926. The Morgan fingerprint density at radius 3 is 2.69 bits per heavy atom. The van der Waals surface area contributed by atoms with Gasteiger partial charge < -0.3 is 9.73 Å². The third-order valence-corrected chi connectivity index (χ3v) is 3.34. The molecule has 0 fully saturated rings. The molecular formula is C13H14BrNO. The highest BCUT2D eigenvalue weighted by Gasteiger charge is 2.13. The Balaban J connectivity index is 2.20. The van der Waals surface area contributed by atoms with Crippen molar-refractivity contribution in [3.05, 3.63) is 58.5 Å². The summed E-state index contributed by atoms with van der Waals surface area (Å²) in [5.74, 6) is 0.995. The molecule has 1 unspecified atom stereocenters. The lowest BCUT2D eigenvalue weighted by atomic mass is 10.0. The summed E-state index contributed by atoms with van der Waals surface area (Å²) in [5, 5.41) is 3.31. The normalized spacial score (nSPS) is 12.6. The molecule has 0 spiro atoms. The van der Waals surface area contributed by atoms with Gasteiger partial charge in [-0.2, -0.15) is 0 Å². The third-order valence-electron chi connectivity index (χ3n) is 2.61. The molecule has 0 bridgehead atoms. The fourth-order valence-electron chi connectivity index (χ4n) is 1.76. The van der Waals surface area contributed by atoms with E-state index >= 15 is 0 Å². The molecule has 16 heavy (non-hydrogen) atoms. The number of halogens is 1. The molecule has 1 heterocycles. The minimum atomic E-state index is 0.265. The minimum absolute atomic E-state index is 0.265. The average molecular weight is 280 g/mol. The highest BCUT2D eigenvalue weighted by Crippen LogP contribution is 2.25. The van der Waals surface area contributed by atoms with Gasteiger partial charge in [-0.3, -0.25) is 0 Å². The maximum absolute atomic E-state index is 5.37. The van der Waals surface area contributed by atoms with Gasteiger partial charge in [-0.25, -0.2) is 0 Å². The van der Waals surface area contributed by atoms with Crippen LogP contribution in [0.4, 0.5) is 0 Å². The van der Waals surface area contributed by atoms with Crippen LogP contribution in [0.5, 0.6) is 0 Å². The molecule has 0 amide bonds. The molecule has 0 radical (unpaired) electrons. The molecular weight excluding hydrogens is 266 g/mol. The first kappa shape index (κ1) is 11.4. The topological polar surface area (TPSA) is 25.2 Å². The van der Waals surface area contributed by atoms with Gasteiger partial charge in [0.15, 0.2) is 0 Å². The second kappa shape index (κ2) is 5.32. The second-order valence-electron chi connectivity index (χ2n) is 3.65. The van der Waals surface area contributed by atoms with Crippen molar-refractivity contribution in [1.82, 2.24) is 5.32 Å². The molecule has 0 aliphatic heterocycles. The summed E-state index contributed by atoms with van der Waals surface area (Å²) in [6, 6.07) is 12.4. The Morgan fingerprint density at radius 1 is 1.25 bits per heavy atom. The average Bonchev–Trinajstić information content (AvgIpc) is 2.80. The third kappa shape index (κ3) is 2.54. The molecule has 0 saturated heterocycles. The van der Waals surface area contributed by atoms with E-state index in [9.17, 15) is 0 Å². The SMILES string of the molecule is CNC(Cc1ccco1)c1ccccc1Br. The number of likely N-dealkylation sites (N-methyl/N-ethyl adjacent to an activating group) is 1. The van der Waals surface area contributed by atoms with Crippen LogP contribution in [0.25, 0.3) is 0 Å². The fourth-order valence-corrected chi connectivity index (χ4v) is 2.32. The zero-order valence-corrected chi connectivity index (χ0v) is 10.7. The first-order valence-electron chi connectivity index (χ1n) is 5.25. The first-order chi connectivity index (χ1) is 7.81.